The number of hydrogen-bond donors (Lipinski definition) is 1. The van der Waals surface area contributed by atoms with E-state index >= 15 is 0 Å². The molecule has 22 heavy (non-hydrogen) atoms. The van der Waals surface area contributed by atoms with Gasteiger partial charge in [0.1, 0.15) is 0 Å². The summed E-state index contributed by atoms with van der Waals surface area (Å²) in [5, 5.41) is 0. The predicted octanol–water partition coefficient (Wildman–Crippen LogP) is 3.70. The second-order valence-corrected chi connectivity index (χ2v) is 6.02. The highest BCUT2D eigenvalue weighted by Gasteiger charge is 2.14. The number of rotatable bonds is 5. The second-order valence-electron chi connectivity index (χ2n) is 6.02. The van der Waals surface area contributed by atoms with Gasteiger partial charge >= 0.3 is 0 Å². The summed E-state index contributed by atoms with van der Waals surface area (Å²) in [6.45, 7) is 9.34. The van der Waals surface area contributed by atoms with E-state index in [0.29, 0.717) is 6.54 Å². The van der Waals surface area contributed by atoms with E-state index in [0.717, 1.165) is 41.8 Å². The monoisotopic (exact) mass is 298 g/mol. The van der Waals surface area contributed by atoms with E-state index in [1.165, 1.54) is 11.1 Å². The van der Waals surface area contributed by atoms with Gasteiger partial charge in [-0.05, 0) is 44.4 Å². The van der Waals surface area contributed by atoms with Crippen molar-refractivity contribution in [3.8, 4) is 11.3 Å². The second kappa shape index (κ2) is 6.93. The summed E-state index contributed by atoms with van der Waals surface area (Å²) in [6.07, 6.45) is 2.05. The lowest BCUT2D eigenvalue weighted by molar-refractivity contribution is 0.612. The summed E-state index contributed by atoms with van der Waals surface area (Å²) in [5.41, 5.74) is 12.1. The van der Waals surface area contributed by atoms with E-state index in [2.05, 4.69) is 45.0 Å². The van der Waals surface area contributed by atoms with Crippen LogP contribution in [0.2, 0.25) is 0 Å². The lowest BCUT2D eigenvalue weighted by Crippen LogP contribution is -2.28. The Morgan fingerprint density at radius 2 is 1.82 bits per heavy atom. The minimum absolute atomic E-state index is 0.0610. The molecule has 1 heterocycles. The normalized spacial score (nSPS) is 11.0. The third-order valence-electron chi connectivity index (χ3n) is 4.22. The van der Waals surface area contributed by atoms with Crippen LogP contribution in [-0.2, 0) is 13.1 Å². The molecule has 1 aromatic heterocycles. The van der Waals surface area contributed by atoms with Gasteiger partial charge in [-0.1, -0.05) is 37.1 Å². The predicted molar refractivity (Wildman–Crippen MR) is 93.1 cm³/mol. The van der Waals surface area contributed by atoms with Crippen molar-refractivity contribution in [2.75, 3.05) is 0 Å². The molecule has 0 bridgehead atoms. The van der Waals surface area contributed by atoms with Crippen molar-refractivity contribution in [3.05, 3.63) is 56.9 Å². The Morgan fingerprint density at radius 3 is 2.41 bits per heavy atom. The number of pyridine rings is 1. The average molecular weight is 298 g/mol. The van der Waals surface area contributed by atoms with E-state index in [1.54, 1.807) is 0 Å². The van der Waals surface area contributed by atoms with E-state index in [1.807, 2.05) is 11.5 Å². The first-order valence-corrected chi connectivity index (χ1v) is 8.00. The molecule has 2 aromatic rings. The van der Waals surface area contributed by atoms with Crippen molar-refractivity contribution in [1.29, 1.82) is 0 Å². The number of aromatic nitrogens is 1. The fraction of sp³-hybridized carbons (Fsp3) is 0.421. The first kappa shape index (κ1) is 16.5. The topological polar surface area (TPSA) is 48.0 Å². The van der Waals surface area contributed by atoms with Crippen molar-refractivity contribution >= 4 is 0 Å². The molecule has 118 valence electrons. The van der Waals surface area contributed by atoms with Crippen molar-refractivity contribution in [2.24, 2.45) is 5.73 Å². The fourth-order valence-corrected chi connectivity index (χ4v) is 2.92. The van der Waals surface area contributed by atoms with Crippen LogP contribution in [0.25, 0.3) is 11.3 Å². The van der Waals surface area contributed by atoms with Crippen LogP contribution in [0.3, 0.4) is 0 Å². The maximum atomic E-state index is 12.8. The molecule has 0 fully saturated rings. The zero-order valence-corrected chi connectivity index (χ0v) is 14.1. The van der Waals surface area contributed by atoms with Gasteiger partial charge in [-0.15, -0.1) is 0 Å². The van der Waals surface area contributed by atoms with Crippen LogP contribution < -0.4 is 11.3 Å². The molecule has 0 aliphatic rings. The average Bonchev–Trinajstić information content (AvgIpc) is 2.46. The molecule has 1 aromatic carbocycles. The summed E-state index contributed by atoms with van der Waals surface area (Å²) < 4.78 is 1.90. The van der Waals surface area contributed by atoms with Crippen LogP contribution in [0.15, 0.2) is 29.1 Å². The molecule has 3 nitrogen and oxygen atoms in total. The van der Waals surface area contributed by atoms with Gasteiger partial charge in [-0.25, -0.2) is 0 Å². The summed E-state index contributed by atoms with van der Waals surface area (Å²) in [7, 11) is 0. The Kier molecular flexibility index (Phi) is 5.19. The molecule has 0 aliphatic heterocycles. The van der Waals surface area contributed by atoms with Crippen molar-refractivity contribution in [3.63, 3.8) is 0 Å². The minimum atomic E-state index is 0.0610. The zero-order chi connectivity index (χ0) is 16.3. The van der Waals surface area contributed by atoms with E-state index in [9.17, 15) is 4.79 Å². The Bertz CT molecular complexity index is 729. The van der Waals surface area contributed by atoms with Crippen molar-refractivity contribution < 1.29 is 0 Å². The zero-order valence-electron chi connectivity index (χ0n) is 14.1. The van der Waals surface area contributed by atoms with Crippen LogP contribution in [-0.4, -0.2) is 4.57 Å². The smallest absolute Gasteiger partial charge is 0.255 e. The molecule has 0 radical (unpaired) electrons. The van der Waals surface area contributed by atoms with Crippen LogP contribution in [0.1, 0.15) is 42.0 Å². The Morgan fingerprint density at radius 1 is 1.09 bits per heavy atom. The lowest BCUT2D eigenvalue weighted by atomic mass is 9.99. The van der Waals surface area contributed by atoms with Gasteiger partial charge in [0.05, 0.1) is 5.69 Å². The number of unbranched alkanes of at least 4 members (excludes halogenated alkanes) is 1. The number of nitrogens with zero attached hydrogens (tertiary/aromatic N) is 1. The Balaban J connectivity index is 2.70. The molecule has 0 saturated heterocycles. The number of nitrogens with two attached hydrogens (primary N) is 1. The molecular weight excluding hydrogens is 272 g/mol. The molecular formula is C19H26N2O. The number of aryl methyl sites for hydroxylation is 3. The summed E-state index contributed by atoms with van der Waals surface area (Å²) in [4.78, 5) is 12.8. The van der Waals surface area contributed by atoms with Gasteiger partial charge in [-0.3, -0.25) is 4.79 Å². The lowest BCUT2D eigenvalue weighted by Gasteiger charge is -2.18. The largest absolute Gasteiger partial charge is 0.326 e. The Hall–Kier alpha value is -1.87. The fourth-order valence-electron chi connectivity index (χ4n) is 2.92. The van der Waals surface area contributed by atoms with Crippen molar-refractivity contribution in [1.82, 2.24) is 4.57 Å². The molecule has 0 unspecified atom stereocenters. The summed E-state index contributed by atoms with van der Waals surface area (Å²) in [6, 6.07) is 8.49. The first-order chi connectivity index (χ1) is 10.5. The minimum Gasteiger partial charge on any atom is -0.326 e. The first-order valence-electron chi connectivity index (χ1n) is 8.00. The van der Waals surface area contributed by atoms with E-state index in [-0.39, 0.29) is 5.56 Å². The maximum Gasteiger partial charge on any atom is 0.255 e. The van der Waals surface area contributed by atoms with Gasteiger partial charge in [0.25, 0.3) is 5.56 Å². The highest BCUT2D eigenvalue weighted by atomic mass is 16.1. The molecule has 2 rings (SSSR count). The molecule has 3 heteroatoms. The quantitative estimate of drug-likeness (QED) is 0.915. The molecule has 0 atom stereocenters. The molecule has 0 aliphatic carbocycles. The van der Waals surface area contributed by atoms with Gasteiger partial charge in [0.2, 0.25) is 0 Å². The molecule has 0 saturated carbocycles. The standard InChI is InChI=1S/C19H26N2O/c1-5-6-9-21-18(11-15(4)17(12-20)19(21)22)16-8-7-13(2)10-14(16)3/h7-8,10-11H,5-6,9,12,20H2,1-4H3. The Labute approximate surface area is 132 Å². The maximum absolute atomic E-state index is 12.8. The van der Waals surface area contributed by atoms with Crippen LogP contribution >= 0.6 is 0 Å². The SMILES string of the molecule is CCCCn1c(-c2ccc(C)cc2C)cc(C)c(CN)c1=O. The molecule has 0 amide bonds. The van der Waals surface area contributed by atoms with Crippen LogP contribution in [0.4, 0.5) is 0 Å². The third kappa shape index (κ3) is 3.14. The highest BCUT2D eigenvalue weighted by Crippen LogP contribution is 2.25. The molecule has 0 spiro atoms. The highest BCUT2D eigenvalue weighted by molar-refractivity contribution is 5.65. The number of hydrogen-bond acceptors (Lipinski definition) is 2. The van der Waals surface area contributed by atoms with Gasteiger partial charge in [0, 0.05) is 24.2 Å². The molecule has 2 N–H and O–H groups in total. The van der Waals surface area contributed by atoms with Gasteiger partial charge < -0.3 is 10.3 Å². The van der Waals surface area contributed by atoms with E-state index < -0.39 is 0 Å². The van der Waals surface area contributed by atoms with Crippen molar-refractivity contribution in [2.45, 2.75) is 53.6 Å². The number of benzene rings is 1. The summed E-state index contributed by atoms with van der Waals surface area (Å²) in [5.74, 6) is 0. The van der Waals surface area contributed by atoms with Crippen LogP contribution in [0, 0.1) is 20.8 Å². The van der Waals surface area contributed by atoms with E-state index in [4.69, 9.17) is 5.73 Å². The third-order valence-corrected chi connectivity index (χ3v) is 4.22. The van der Waals surface area contributed by atoms with Gasteiger partial charge in [-0.2, -0.15) is 0 Å². The summed E-state index contributed by atoms with van der Waals surface area (Å²) >= 11 is 0. The van der Waals surface area contributed by atoms with Gasteiger partial charge in [0.15, 0.2) is 0 Å². The van der Waals surface area contributed by atoms with Crippen LogP contribution in [0.5, 0.6) is 0 Å².